The molecule has 6 nitrogen and oxygen atoms in total. The number of aromatic nitrogens is 2. The molecule has 0 unspecified atom stereocenters. The van der Waals surface area contributed by atoms with Gasteiger partial charge in [-0.2, -0.15) is 0 Å². The molecule has 140 valence electrons. The van der Waals surface area contributed by atoms with E-state index in [9.17, 15) is 18.0 Å². The van der Waals surface area contributed by atoms with Crippen LogP contribution in [-0.4, -0.2) is 28.2 Å². The second-order valence-electron chi connectivity index (χ2n) is 5.14. The second kappa shape index (κ2) is 8.12. The highest BCUT2D eigenvalue weighted by atomic mass is 32.2. The number of hydrogen-bond acceptors (Lipinski definition) is 6. The van der Waals surface area contributed by atoms with Crippen molar-refractivity contribution in [2.24, 2.45) is 0 Å². The van der Waals surface area contributed by atoms with E-state index in [2.05, 4.69) is 20.3 Å². The molecule has 0 fully saturated rings. The number of nitrogens with one attached hydrogen (secondary N) is 1. The van der Waals surface area contributed by atoms with Crippen molar-refractivity contribution < 1.29 is 27.1 Å². The molecule has 27 heavy (non-hydrogen) atoms. The summed E-state index contributed by atoms with van der Waals surface area (Å²) in [6.45, 7) is 0. The molecule has 0 radical (unpaired) electrons. The van der Waals surface area contributed by atoms with Crippen LogP contribution in [0.1, 0.15) is 0 Å². The van der Waals surface area contributed by atoms with Crippen molar-refractivity contribution in [3.05, 3.63) is 54.8 Å². The van der Waals surface area contributed by atoms with Crippen LogP contribution in [-0.2, 0) is 4.79 Å². The SMILES string of the molecule is O=C(CSc1ccc(-c2ccco2)nn1)Nc1ccc(OC(F)(F)F)cc1. The summed E-state index contributed by atoms with van der Waals surface area (Å²) in [6.07, 6.45) is -3.22. The Kier molecular flexibility index (Phi) is 5.65. The molecule has 2 heterocycles. The molecule has 2 aromatic heterocycles. The molecule has 1 aromatic carbocycles. The standard InChI is InChI=1S/C17H12F3N3O3S/c18-17(19,20)26-12-5-3-11(4-6-12)21-15(24)10-27-16-8-7-13(22-23-16)14-2-1-9-25-14/h1-9H,10H2,(H,21,24). The molecule has 0 saturated carbocycles. The summed E-state index contributed by atoms with van der Waals surface area (Å²) in [7, 11) is 0. The van der Waals surface area contributed by atoms with Crippen LogP contribution in [0.2, 0.25) is 0 Å². The first-order chi connectivity index (χ1) is 12.9. The quantitative estimate of drug-likeness (QED) is 0.625. The van der Waals surface area contributed by atoms with Gasteiger partial charge < -0.3 is 14.5 Å². The highest BCUT2D eigenvalue weighted by Gasteiger charge is 2.30. The van der Waals surface area contributed by atoms with E-state index in [0.29, 0.717) is 22.2 Å². The summed E-state index contributed by atoms with van der Waals surface area (Å²) in [4.78, 5) is 11.9. The monoisotopic (exact) mass is 395 g/mol. The van der Waals surface area contributed by atoms with Crippen molar-refractivity contribution in [1.29, 1.82) is 0 Å². The van der Waals surface area contributed by atoms with Crippen LogP contribution in [0.5, 0.6) is 5.75 Å². The van der Waals surface area contributed by atoms with Crippen molar-refractivity contribution in [3.8, 4) is 17.2 Å². The van der Waals surface area contributed by atoms with Crippen LogP contribution >= 0.6 is 11.8 Å². The number of nitrogens with zero attached hydrogens (tertiary/aromatic N) is 2. The number of carbonyl (C=O) groups is 1. The van der Waals surface area contributed by atoms with Crippen LogP contribution in [0.15, 0.2) is 64.2 Å². The highest BCUT2D eigenvalue weighted by Crippen LogP contribution is 2.24. The van der Waals surface area contributed by atoms with Gasteiger partial charge in [-0.25, -0.2) is 0 Å². The molecule has 1 amide bonds. The molecule has 0 spiro atoms. The Labute approximate surface area is 155 Å². The van der Waals surface area contributed by atoms with Gasteiger partial charge in [0.1, 0.15) is 16.5 Å². The molecule has 10 heteroatoms. The maximum atomic E-state index is 12.1. The van der Waals surface area contributed by atoms with Crippen LogP contribution < -0.4 is 10.1 Å². The number of furan rings is 1. The fraction of sp³-hybridized carbons (Fsp3) is 0.118. The van der Waals surface area contributed by atoms with Gasteiger partial charge in [0.25, 0.3) is 0 Å². The van der Waals surface area contributed by atoms with E-state index < -0.39 is 6.36 Å². The number of thioether (sulfide) groups is 1. The number of rotatable bonds is 6. The zero-order chi connectivity index (χ0) is 19.3. The van der Waals surface area contributed by atoms with E-state index >= 15 is 0 Å². The largest absolute Gasteiger partial charge is 0.573 e. The Balaban J connectivity index is 1.49. The predicted octanol–water partition coefficient (Wildman–Crippen LogP) is 4.37. The van der Waals surface area contributed by atoms with Gasteiger partial charge in [-0.15, -0.1) is 23.4 Å². The van der Waals surface area contributed by atoms with Crippen molar-refractivity contribution in [2.45, 2.75) is 11.4 Å². The zero-order valence-electron chi connectivity index (χ0n) is 13.6. The van der Waals surface area contributed by atoms with Crippen molar-refractivity contribution in [3.63, 3.8) is 0 Å². The van der Waals surface area contributed by atoms with Crippen LogP contribution in [0.25, 0.3) is 11.5 Å². The fourth-order valence-corrected chi connectivity index (χ4v) is 2.64. The normalized spacial score (nSPS) is 11.2. The minimum atomic E-state index is -4.76. The smallest absolute Gasteiger partial charge is 0.463 e. The molecule has 0 aliphatic heterocycles. The molecule has 0 saturated heterocycles. The number of hydrogen-bond donors (Lipinski definition) is 1. The molecule has 0 aliphatic rings. The van der Waals surface area contributed by atoms with E-state index in [1.165, 1.54) is 30.2 Å². The second-order valence-corrected chi connectivity index (χ2v) is 6.14. The highest BCUT2D eigenvalue weighted by molar-refractivity contribution is 7.99. The van der Waals surface area contributed by atoms with Gasteiger partial charge >= 0.3 is 6.36 Å². The Morgan fingerprint density at radius 1 is 1.11 bits per heavy atom. The van der Waals surface area contributed by atoms with Gasteiger partial charge in [0.05, 0.1) is 12.0 Å². The Morgan fingerprint density at radius 3 is 2.48 bits per heavy atom. The summed E-state index contributed by atoms with van der Waals surface area (Å²) in [5.41, 5.74) is 0.935. The fourth-order valence-electron chi connectivity index (χ4n) is 2.03. The summed E-state index contributed by atoms with van der Waals surface area (Å²) >= 11 is 1.18. The van der Waals surface area contributed by atoms with E-state index in [1.807, 2.05) is 0 Å². The lowest BCUT2D eigenvalue weighted by atomic mass is 10.3. The van der Waals surface area contributed by atoms with E-state index in [4.69, 9.17) is 4.42 Å². The van der Waals surface area contributed by atoms with Crippen LogP contribution in [0, 0.1) is 0 Å². The lowest BCUT2D eigenvalue weighted by Gasteiger charge is -2.09. The summed E-state index contributed by atoms with van der Waals surface area (Å²) in [5.74, 6) is -0.0341. The first-order valence-corrected chi connectivity index (χ1v) is 8.54. The first-order valence-electron chi connectivity index (χ1n) is 7.55. The first kappa shape index (κ1) is 18.8. The summed E-state index contributed by atoms with van der Waals surface area (Å²) < 4.78 is 45.3. The van der Waals surface area contributed by atoms with Gasteiger partial charge in [0.15, 0.2) is 5.76 Å². The topological polar surface area (TPSA) is 77.2 Å². The number of anilines is 1. The third-order valence-corrected chi connectivity index (χ3v) is 4.06. The molecule has 1 N–H and O–H groups in total. The lowest BCUT2D eigenvalue weighted by molar-refractivity contribution is -0.274. The van der Waals surface area contributed by atoms with Gasteiger partial charge in [-0.3, -0.25) is 4.79 Å². The van der Waals surface area contributed by atoms with Gasteiger partial charge in [0.2, 0.25) is 5.91 Å². The van der Waals surface area contributed by atoms with Crippen molar-refractivity contribution >= 4 is 23.4 Å². The molecule has 3 aromatic rings. The zero-order valence-corrected chi connectivity index (χ0v) is 14.4. The van der Waals surface area contributed by atoms with Crippen molar-refractivity contribution in [1.82, 2.24) is 10.2 Å². The van der Waals surface area contributed by atoms with Crippen LogP contribution in [0.3, 0.4) is 0 Å². The molecule has 0 aliphatic carbocycles. The number of carbonyl (C=O) groups excluding carboxylic acids is 1. The number of amides is 1. The van der Waals surface area contributed by atoms with Gasteiger partial charge in [0, 0.05) is 5.69 Å². The number of halogens is 3. The number of benzene rings is 1. The summed E-state index contributed by atoms with van der Waals surface area (Å²) in [5, 5.41) is 11.2. The number of alkyl halides is 3. The van der Waals surface area contributed by atoms with Crippen molar-refractivity contribution in [2.75, 3.05) is 11.1 Å². The van der Waals surface area contributed by atoms with E-state index in [-0.39, 0.29) is 17.4 Å². The van der Waals surface area contributed by atoms with E-state index in [1.54, 1.807) is 24.3 Å². The van der Waals surface area contributed by atoms with Crippen LogP contribution in [0.4, 0.5) is 18.9 Å². The molecular formula is C17H12F3N3O3S. The minimum Gasteiger partial charge on any atom is -0.463 e. The molecule has 0 atom stereocenters. The van der Waals surface area contributed by atoms with Gasteiger partial charge in [-0.1, -0.05) is 11.8 Å². The molecular weight excluding hydrogens is 383 g/mol. The third-order valence-electron chi connectivity index (χ3n) is 3.14. The Hall–Kier alpha value is -3.01. The Morgan fingerprint density at radius 2 is 1.89 bits per heavy atom. The predicted molar refractivity (Wildman–Crippen MR) is 92.2 cm³/mol. The molecule has 3 rings (SSSR count). The maximum Gasteiger partial charge on any atom is 0.573 e. The average molecular weight is 395 g/mol. The lowest BCUT2D eigenvalue weighted by Crippen LogP contribution is -2.17. The third kappa shape index (κ3) is 5.74. The minimum absolute atomic E-state index is 0.0651. The Bertz CT molecular complexity index is 883. The van der Waals surface area contributed by atoms with Gasteiger partial charge in [-0.05, 0) is 48.5 Å². The maximum absolute atomic E-state index is 12.1. The summed E-state index contributed by atoms with van der Waals surface area (Å²) in [6, 6.07) is 11.8. The van der Waals surface area contributed by atoms with E-state index in [0.717, 1.165) is 12.1 Å². The molecule has 0 bridgehead atoms. The average Bonchev–Trinajstić information content (AvgIpc) is 3.16. The number of ether oxygens (including phenoxy) is 1.